The largest absolute Gasteiger partial charge is 0.497 e. The fourth-order valence-electron chi connectivity index (χ4n) is 1.51. The zero-order chi connectivity index (χ0) is 13.0. The highest BCUT2D eigenvalue weighted by Gasteiger charge is 2.05. The second-order valence-electron chi connectivity index (χ2n) is 3.72. The molecular formula is C12H14N4O2. The molecule has 0 fully saturated rings. The van der Waals surface area contributed by atoms with E-state index in [1.165, 1.54) is 4.68 Å². The number of carbonyl (C=O) groups excluding carboxylic acids is 1. The monoisotopic (exact) mass is 246 g/mol. The Bertz CT molecular complexity index is 551. The molecule has 0 radical (unpaired) electrons. The van der Waals surface area contributed by atoms with Crippen LogP contribution in [-0.2, 0) is 11.3 Å². The molecule has 1 aromatic carbocycles. The number of methoxy groups -OCH3 is 1. The highest BCUT2D eigenvalue weighted by Crippen LogP contribution is 2.16. The zero-order valence-electron chi connectivity index (χ0n) is 9.96. The number of amides is 1. The number of carbonyl (C=O) groups is 1. The van der Waals surface area contributed by atoms with Gasteiger partial charge < -0.3 is 15.8 Å². The van der Waals surface area contributed by atoms with Gasteiger partial charge >= 0.3 is 0 Å². The van der Waals surface area contributed by atoms with Gasteiger partial charge in [0.1, 0.15) is 18.1 Å². The second kappa shape index (κ2) is 5.22. The summed E-state index contributed by atoms with van der Waals surface area (Å²) in [5, 5.41) is 6.69. The minimum atomic E-state index is -0.175. The molecule has 18 heavy (non-hydrogen) atoms. The summed E-state index contributed by atoms with van der Waals surface area (Å²) in [4.78, 5) is 11.7. The predicted molar refractivity (Wildman–Crippen MR) is 68.3 cm³/mol. The van der Waals surface area contributed by atoms with Gasteiger partial charge in [0, 0.05) is 18.0 Å². The molecule has 2 aromatic rings. The van der Waals surface area contributed by atoms with Crippen LogP contribution < -0.4 is 15.8 Å². The van der Waals surface area contributed by atoms with E-state index in [0.717, 1.165) is 0 Å². The molecule has 1 heterocycles. The minimum absolute atomic E-state index is 0.119. The van der Waals surface area contributed by atoms with Crippen LogP contribution in [0.1, 0.15) is 0 Å². The Balaban J connectivity index is 1.98. The van der Waals surface area contributed by atoms with Gasteiger partial charge in [0.15, 0.2) is 0 Å². The van der Waals surface area contributed by atoms with Gasteiger partial charge in [-0.2, -0.15) is 5.10 Å². The number of aromatic nitrogens is 2. The topological polar surface area (TPSA) is 82.2 Å². The molecule has 1 aromatic heterocycles. The van der Waals surface area contributed by atoms with Crippen LogP contribution in [0.4, 0.5) is 11.5 Å². The SMILES string of the molecule is COc1cccc(NC(=O)Cn2ccc(N)n2)c1. The van der Waals surface area contributed by atoms with Crippen molar-refractivity contribution < 1.29 is 9.53 Å². The number of nitrogens with two attached hydrogens (primary N) is 1. The number of rotatable bonds is 4. The van der Waals surface area contributed by atoms with Gasteiger partial charge in [-0.1, -0.05) is 6.07 Å². The van der Waals surface area contributed by atoms with Gasteiger partial charge in [-0.3, -0.25) is 9.48 Å². The molecule has 0 saturated heterocycles. The molecular weight excluding hydrogens is 232 g/mol. The Morgan fingerprint density at radius 1 is 1.50 bits per heavy atom. The molecule has 0 atom stereocenters. The van der Waals surface area contributed by atoms with Crippen molar-refractivity contribution in [1.29, 1.82) is 0 Å². The van der Waals surface area contributed by atoms with E-state index in [1.54, 1.807) is 37.6 Å². The molecule has 0 bridgehead atoms. The number of nitrogens with zero attached hydrogens (tertiary/aromatic N) is 2. The number of ether oxygens (including phenoxy) is 1. The number of nitrogens with one attached hydrogen (secondary N) is 1. The first kappa shape index (κ1) is 12.0. The lowest BCUT2D eigenvalue weighted by molar-refractivity contribution is -0.116. The molecule has 3 N–H and O–H groups in total. The third-order valence-electron chi connectivity index (χ3n) is 2.32. The van der Waals surface area contributed by atoms with Crippen LogP contribution in [0.2, 0.25) is 0 Å². The molecule has 0 unspecified atom stereocenters. The number of anilines is 2. The number of benzene rings is 1. The van der Waals surface area contributed by atoms with Gasteiger partial charge in [0.25, 0.3) is 0 Å². The predicted octanol–water partition coefficient (Wildman–Crippen LogP) is 1.11. The Kier molecular flexibility index (Phi) is 3.47. The van der Waals surface area contributed by atoms with E-state index in [0.29, 0.717) is 17.3 Å². The lowest BCUT2D eigenvalue weighted by atomic mass is 10.3. The average molecular weight is 246 g/mol. The van der Waals surface area contributed by atoms with E-state index in [4.69, 9.17) is 10.5 Å². The van der Waals surface area contributed by atoms with Crippen LogP contribution in [0.3, 0.4) is 0 Å². The summed E-state index contributed by atoms with van der Waals surface area (Å²) >= 11 is 0. The van der Waals surface area contributed by atoms with E-state index in [-0.39, 0.29) is 12.5 Å². The zero-order valence-corrected chi connectivity index (χ0v) is 9.96. The first-order valence-corrected chi connectivity index (χ1v) is 5.40. The first-order chi connectivity index (χ1) is 8.67. The van der Waals surface area contributed by atoms with Crippen LogP contribution >= 0.6 is 0 Å². The minimum Gasteiger partial charge on any atom is -0.497 e. The molecule has 0 aliphatic carbocycles. The summed E-state index contributed by atoms with van der Waals surface area (Å²) in [6.45, 7) is 0.119. The van der Waals surface area contributed by atoms with E-state index in [2.05, 4.69) is 10.4 Å². The van der Waals surface area contributed by atoms with Crippen molar-refractivity contribution >= 4 is 17.4 Å². The molecule has 0 aliphatic rings. The lowest BCUT2D eigenvalue weighted by Gasteiger charge is -2.06. The van der Waals surface area contributed by atoms with Crippen LogP contribution in [-0.4, -0.2) is 22.8 Å². The standard InChI is InChI=1S/C12H14N4O2/c1-18-10-4-2-3-9(7-10)14-12(17)8-16-6-5-11(13)15-16/h2-7H,8H2,1H3,(H2,13,15)(H,14,17). The third-order valence-corrected chi connectivity index (χ3v) is 2.32. The first-order valence-electron chi connectivity index (χ1n) is 5.40. The molecule has 6 nitrogen and oxygen atoms in total. The molecule has 1 amide bonds. The van der Waals surface area contributed by atoms with E-state index < -0.39 is 0 Å². The maximum Gasteiger partial charge on any atom is 0.246 e. The lowest BCUT2D eigenvalue weighted by Crippen LogP contribution is -2.19. The van der Waals surface area contributed by atoms with Gasteiger partial charge in [-0.05, 0) is 18.2 Å². The van der Waals surface area contributed by atoms with Crippen molar-refractivity contribution in [2.75, 3.05) is 18.2 Å². The third kappa shape index (κ3) is 3.00. The Labute approximate surface area is 104 Å². The van der Waals surface area contributed by atoms with Crippen molar-refractivity contribution in [1.82, 2.24) is 9.78 Å². The summed E-state index contributed by atoms with van der Waals surface area (Å²) in [5.41, 5.74) is 6.14. The number of hydrogen-bond acceptors (Lipinski definition) is 4. The average Bonchev–Trinajstić information content (AvgIpc) is 2.74. The van der Waals surface area contributed by atoms with Crippen molar-refractivity contribution in [3.05, 3.63) is 36.5 Å². The molecule has 0 spiro atoms. The van der Waals surface area contributed by atoms with Crippen LogP contribution in [0, 0.1) is 0 Å². The van der Waals surface area contributed by atoms with E-state index >= 15 is 0 Å². The summed E-state index contributed by atoms with van der Waals surface area (Å²) in [7, 11) is 1.58. The number of hydrogen-bond donors (Lipinski definition) is 2. The number of nitrogen functional groups attached to an aromatic ring is 1. The van der Waals surface area contributed by atoms with Crippen molar-refractivity contribution in [3.63, 3.8) is 0 Å². The molecule has 0 aliphatic heterocycles. The summed E-state index contributed by atoms with van der Waals surface area (Å²) in [6.07, 6.45) is 1.65. The quantitative estimate of drug-likeness (QED) is 0.846. The van der Waals surface area contributed by atoms with Crippen molar-refractivity contribution in [2.45, 2.75) is 6.54 Å². The summed E-state index contributed by atoms with van der Waals surface area (Å²) in [6, 6.07) is 8.79. The maximum atomic E-state index is 11.7. The Morgan fingerprint density at radius 3 is 3.00 bits per heavy atom. The normalized spacial score (nSPS) is 10.1. The second-order valence-corrected chi connectivity index (χ2v) is 3.72. The van der Waals surface area contributed by atoms with Crippen LogP contribution in [0.15, 0.2) is 36.5 Å². The molecule has 2 rings (SSSR count). The molecule has 0 saturated carbocycles. The van der Waals surface area contributed by atoms with Crippen LogP contribution in [0.5, 0.6) is 5.75 Å². The summed E-state index contributed by atoms with van der Waals surface area (Å²) < 4.78 is 6.55. The van der Waals surface area contributed by atoms with Crippen molar-refractivity contribution in [2.24, 2.45) is 0 Å². The van der Waals surface area contributed by atoms with Gasteiger partial charge in [0.2, 0.25) is 5.91 Å². The molecule has 94 valence electrons. The summed E-state index contributed by atoms with van der Waals surface area (Å²) in [5.74, 6) is 0.909. The fraction of sp³-hybridized carbons (Fsp3) is 0.167. The van der Waals surface area contributed by atoms with Gasteiger partial charge in [0.05, 0.1) is 7.11 Å². The van der Waals surface area contributed by atoms with E-state index in [9.17, 15) is 4.79 Å². The van der Waals surface area contributed by atoms with Crippen molar-refractivity contribution in [3.8, 4) is 5.75 Å². The molecule has 6 heteroatoms. The van der Waals surface area contributed by atoms with Gasteiger partial charge in [-0.15, -0.1) is 0 Å². The van der Waals surface area contributed by atoms with Gasteiger partial charge in [-0.25, -0.2) is 0 Å². The van der Waals surface area contributed by atoms with Crippen LogP contribution in [0.25, 0.3) is 0 Å². The highest BCUT2D eigenvalue weighted by molar-refractivity contribution is 5.90. The Morgan fingerprint density at radius 2 is 2.33 bits per heavy atom. The maximum absolute atomic E-state index is 11.7. The van der Waals surface area contributed by atoms with E-state index in [1.807, 2.05) is 6.07 Å². The fourth-order valence-corrected chi connectivity index (χ4v) is 1.51. The Hall–Kier alpha value is -2.50. The highest BCUT2D eigenvalue weighted by atomic mass is 16.5. The smallest absolute Gasteiger partial charge is 0.246 e.